The Balaban J connectivity index is 0.000000382. The molecule has 232 valence electrons. The first-order chi connectivity index (χ1) is 21.0. The lowest BCUT2D eigenvalue weighted by atomic mass is 9.88. The Hall–Kier alpha value is -4.30. The van der Waals surface area contributed by atoms with E-state index in [1.54, 1.807) is 34.9 Å². The molecule has 0 saturated carbocycles. The number of benzene rings is 2. The van der Waals surface area contributed by atoms with Crippen molar-refractivity contribution in [3.63, 3.8) is 0 Å². The summed E-state index contributed by atoms with van der Waals surface area (Å²) >= 11 is 1.47. The first-order valence-electron chi connectivity index (χ1n) is 13.7. The van der Waals surface area contributed by atoms with Gasteiger partial charge in [-0.1, -0.05) is 29.8 Å². The van der Waals surface area contributed by atoms with E-state index in [4.69, 9.17) is 20.4 Å². The lowest BCUT2D eigenvalue weighted by molar-refractivity contribution is -0.165. The molecule has 0 aliphatic carbocycles. The van der Waals surface area contributed by atoms with Gasteiger partial charge in [-0.2, -0.15) is 0 Å². The number of nitrogens with zero attached hydrogens (tertiary/aromatic N) is 3. The third-order valence-corrected chi connectivity index (χ3v) is 8.09. The number of hydrogen-bond acceptors (Lipinski definition) is 8. The van der Waals surface area contributed by atoms with Crippen LogP contribution >= 0.6 is 11.3 Å². The Morgan fingerprint density at radius 3 is 1.89 bits per heavy atom. The zero-order valence-corrected chi connectivity index (χ0v) is 24.5. The van der Waals surface area contributed by atoms with Gasteiger partial charge < -0.3 is 25.3 Å². The number of rotatable bonds is 8. The second-order valence-corrected chi connectivity index (χ2v) is 11.1. The van der Waals surface area contributed by atoms with Crippen molar-refractivity contribution in [1.82, 2.24) is 14.3 Å². The summed E-state index contributed by atoms with van der Waals surface area (Å²) in [4.78, 5) is 40.1. The molecule has 0 radical (unpaired) electrons. The maximum Gasteiger partial charge on any atom is 0.335 e. The van der Waals surface area contributed by atoms with Gasteiger partial charge in [0.25, 0.3) is 5.56 Å². The van der Waals surface area contributed by atoms with Crippen molar-refractivity contribution in [2.24, 2.45) is 0 Å². The lowest BCUT2D eigenvalue weighted by Crippen LogP contribution is -2.39. The Bertz CT molecular complexity index is 1640. The number of hydrogen-bond donors (Lipinski definition) is 4. The smallest absolute Gasteiger partial charge is 0.335 e. The van der Waals surface area contributed by atoms with Crippen molar-refractivity contribution >= 4 is 33.8 Å². The third kappa shape index (κ3) is 7.80. The molecule has 3 heterocycles. The van der Waals surface area contributed by atoms with Crippen LogP contribution in [-0.2, 0) is 16.0 Å². The molecule has 4 aromatic rings. The first kappa shape index (κ1) is 32.6. The zero-order chi connectivity index (χ0) is 32.0. The Morgan fingerprint density at radius 1 is 0.909 bits per heavy atom. The van der Waals surface area contributed by atoms with Crippen LogP contribution in [0.2, 0.25) is 0 Å². The Labute approximate surface area is 254 Å². The minimum absolute atomic E-state index is 0.0243. The molecule has 2 aromatic carbocycles. The fourth-order valence-corrected chi connectivity index (χ4v) is 5.70. The maximum atomic E-state index is 13.5. The number of aryl methyl sites for hydroxylation is 1. The van der Waals surface area contributed by atoms with Gasteiger partial charge in [-0.05, 0) is 67.2 Å². The van der Waals surface area contributed by atoms with E-state index >= 15 is 0 Å². The summed E-state index contributed by atoms with van der Waals surface area (Å²) in [6.07, 6.45) is -0.357. The van der Waals surface area contributed by atoms with Crippen LogP contribution in [0.1, 0.15) is 35.2 Å². The lowest BCUT2D eigenvalue weighted by Gasteiger charge is -2.30. The highest BCUT2D eigenvalue weighted by atomic mass is 32.1. The predicted molar refractivity (Wildman–Crippen MR) is 160 cm³/mol. The van der Waals surface area contributed by atoms with Crippen LogP contribution in [0.4, 0.5) is 8.78 Å². The zero-order valence-electron chi connectivity index (χ0n) is 23.7. The standard InChI is InChI=1S/C27H25F2N3OS.C4H6O6/c1-18-24(26(33)32-16-17-34-27(32)30-18)12-15-31-13-10-21(11-14-31)25(19-2-6-22(28)7-3-19)20-4-8-23(29)9-5-20;5-1(3(7)8)2(6)4(9)10/h2-9,16-17H,10-15H2,1H3;1-2,5-6H,(H,7,8)(H,9,10). The molecule has 5 rings (SSSR count). The fraction of sp³-hybridized carbons (Fsp3) is 0.290. The van der Waals surface area contributed by atoms with E-state index in [0.29, 0.717) is 6.42 Å². The molecule has 13 heteroatoms. The molecule has 4 N–H and O–H groups in total. The Kier molecular flexibility index (Phi) is 10.7. The van der Waals surface area contributed by atoms with Crippen LogP contribution < -0.4 is 5.56 Å². The van der Waals surface area contributed by atoms with Crippen LogP contribution in [0.25, 0.3) is 10.5 Å². The number of aromatic nitrogens is 2. The number of thiazole rings is 1. The highest BCUT2D eigenvalue weighted by Gasteiger charge is 2.29. The minimum atomic E-state index is -2.27. The topological polar surface area (TPSA) is 153 Å². The number of likely N-dealkylation sites (tertiary alicyclic amines) is 1. The predicted octanol–water partition coefficient (Wildman–Crippen LogP) is 3.36. The number of piperidine rings is 1. The van der Waals surface area contributed by atoms with Crippen LogP contribution in [0.15, 0.2) is 70.5 Å². The van der Waals surface area contributed by atoms with Gasteiger partial charge in [-0.15, -0.1) is 11.3 Å². The summed E-state index contributed by atoms with van der Waals surface area (Å²) in [5.74, 6) is -4.09. The summed E-state index contributed by atoms with van der Waals surface area (Å²) in [5.41, 5.74) is 5.82. The third-order valence-electron chi connectivity index (χ3n) is 7.33. The van der Waals surface area contributed by atoms with Crippen molar-refractivity contribution in [2.75, 3.05) is 19.6 Å². The number of carboxylic acid groups (broad SMARTS) is 2. The highest BCUT2D eigenvalue weighted by molar-refractivity contribution is 7.15. The summed E-state index contributed by atoms with van der Waals surface area (Å²) in [6, 6.07) is 13.0. The molecule has 1 saturated heterocycles. The number of aliphatic hydroxyl groups excluding tert-OH is 2. The number of carbonyl (C=O) groups is 2. The summed E-state index contributed by atoms with van der Waals surface area (Å²) in [5, 5.41) is 34.4. The van der Waals surface area contributed by atoms with E-state index in [9.17, 15) is 23.2 Å². The molecule has 1 aliphatic heterocycles. The van der Waals surface area contributed by atoms with Gasteiger partial charge in [0, 0.05) is 42.5 Å². The molecule has 2 atom stereocenters. The van der Waals surface area contributed by atoms with Crippen LogP contribution in [0.3, 0.4) is 0 Å². The van der Waals surface area contributed by atoms with Crippen LogP contribution in [-0.4, -0.2) is 78.5 Å². The number of halogens is 2. The van der Waals surface area contributed by atoms with Crippen molar-refractivity contribution in [1.29, 1.82) is 0 Å². The van der Waals surface area contributed by atoms with Crippen LogP contribution in [0, 0.1) is 18.6 Å². The molecule has 1 aliphatic rings. The van der Waals surface area contributed by atoms with Gasteiger partial charge in [0.1, 0.15) is 11.6 Å². The monoisotopic (exact) mass is 627 g/mol. The number of carboxylic acids is 2. The molecular formula is C31H31F2N3O7S. The molecule has 0 bridgehead atoms. The number of aliphatic carboxylic acids is 2. The summed E-state index contributed by atoms with van der Waals surface area (Å²) < 4.78 is 28.7. The van der Waals surface area contributed by atoms with Gasteiger partial charge >= 0.3 is 11.9 Å². The van der Waals surface area contributed by atoms with Crippen molar-refractivity contribution in [2.45, 2.75) is 38.4 Å². The molecule has 2 unspecified atom stereocenters. The fourth-order valence-electron chi connectivity index (χ4n) is 4.95. The summed E-state index contributed by atoms with van der Waals surface area (Å²) in [6.45, 7) is 4.44. The van der Waals surface area contributed by atoms with Gasteiger partial charge in [0.15, 0.2) is 17.2 Å². The summed E-state index contributed by atoms with van der Waals surface area (Å²) in [7, 11) is 0. The highest BCUT2D eigenvalue weighted by Crippen LogP contribution is 2.32. The number of fused-ring (bicyclic) bond motifs is 1. The Morgan fingerprint density at radius 2 is 1.41 bits per heavy atom. The SMILES string of the molecule is Cc1nc2sccn2c(=O)c1CCN1CCC(=C(c2ccc(F)cc2)c2ccc(F)cc2)CC1.O=C(O)C(O)C(O)C(=O)O. The van der Waals surface area contributed by atoms with Crippen molar-refractivity contribution in [3.8, 4) is 0 Å². The van der Waals surface area contributed by atoms with Gasteiger partial charge in [0.05, 0.1) is 0 Å². The molecule has 1 fully saturated rings. The average molecular weight is 628 g/mol. The van der Waals surface area contributed by atoms with Gasteiger partial charge in [-0.3, -0.25) is 9.20 Å². The molecule has 10 nitrogen and oxygen atoms in total. The van der Waals surface area contributed by atoms with E-state index in [1.807, 2.05) is 12.3 Å². The molecule has 44 heavy (non-hydrogen) atoms. The van der Waals surface area contributed by atoms with Gasteiger partial charge in [0.2, 0.25) is 0 Å². The van der Waals surface area contributed by atoms with E-state index in [-0.39, 0.29) is 17.2 Å². The van der Waals surface area contributed by atoms with Gasteiger partial charge in [-0.25, -0.2) is 23.4 Å². The van der Waals surface area contributed by atoms with E-state index < -0.39 is 24.1 Å². The maximum absolute atomic E-state index is 13.5. The van der Waals surface area contributed by atoms with Crippen LogP contribution in [0.5, 0.6) is 0 Å². The van der Waals surface area contributed by atoms with E-state index in [1.165, 1.54) is 41.2 Å². The molecule has 0 amide bonds. The van der Waals surface area contributed by atoms with E-state index in [0.717, 1.165) is 65.4 Å². The normalized spacial score (nSPS) is 14.9. The van der Waals surface area contributed by atoms with E-state index in [2.05, 4.69) is 9.88 Å². The largest absolute Gasteiger partial charge is 0.479 e. The quantitative estimate of drug-likeness (QED) is 0.230. The molecular weight excluding hydrogens is 596 g/mol. The second kappa shape index (κ2) is 14.4. The molecule has 0 spiro atoms. The first-order valence-corrected chi connectivity index (χ1v) is 14.6. The second-order valence-electron chi connectivity index (χ2n) is 10.2. The van der Waals surface area contributed by atoms with Crippen molar-refractivity contribution in [3.05, 3.63) is 110 Å². The average Bonchev–Trinajstić information content (AvgIpc) is 3.48. The number of aliphatic hydroxyl groups is 2. The minimum Gasteiger partial charge on any atom is -0.479 e. The molecule has 2 aromatic heterocycles. The van der Waals surface area contributed by atoms with Crippen molar-refractivity contribution < 1.29 is 38.8 Å².